The molecule has 8 heteroatoms. The molecule has 0 bridgehead atoms. The Balaban J connectivity index is 1.58. The quantitative estimate of drug-likeness (QED) is 0.392. The van der Waals surface area contributed by atoms with Gasteiger partial charge in [0.1, 0.15) is 23.4 Å². The summed E-state index contributed by atoms with van der Waals surface area (Å²) < 4.78 is 29.5. The molecule has 3 heterocycles. The lowest BCUT2D eigenvalue weighted by molar-refractivity contribution is -0.140. The first-order valence-corrected chi connectivity index (χ1v) is 9.49. The van der Waals surface area contributed by atoms with Gasteiger partial charge in [-0.05, 0) is 54.1 Å². The zero-order chi connectivity index (χ0) is 21.5. The molecule has 0 saturated carbocycles. The minimum Gasteiger partial charge on any atom is -0.507 e. The van der Waals surface area contributed by atoms with E-state index in [1.807, 2.05) is 0 Å². The van der Waals surface area contributed by atoms with Crippen molar-refractivity contribution < 1.29 is 33.0 Å². The van der Waals surface area contributed by atoms with Gasteiger partial charge in [0, 0.05) is 12.1 Å². The summed E-state index contributed by atoms with van der Waals surface area (Å²) in [7, 11) is 0. The van der Waals surface area contributed by atoms with Crippen molar-refractivity contribution in [3.63, 3.8) is 0 Å². The number of carbonyl (C=O) groups excluding carboxylic acids is 2. The zero-order valence-corrected chi connectivity index (χ0v) is 16.1. The molecule has 1 amide bonds. The van der Waals surface area contributed by atoms with Crippen molar-refractivity contribution in [2.75, 3.05) is 6.79 Å². The molecule has 156 valence electrons. The van der Waals surface area contributed by atoms with Crippen LogP contribution in [0.15, 0.2) is 70.9 Å². The number of carbonyl (C=O) groups is 2. The van der Waals surface area contributed by atoms with E-state index in [0.717, 1.165) is 0 Å². The number of Topliss-reactive ketones (excluding diaryl/α,β-unsaturated/α-hetero) is 1. The van der Waals surface area contributed by atoms with Crippen LogP contribution in [0.1, 0.15) is 22.9 Å². The van der Waals surface area contributed by atoms with Crippen molar-refractivity contribution in [1.29, 1.82) is 0 Å². The molecule has 1 unspecified atom stereocenters. The highest BCUT2D eigenvalue weighted by Gasteiger charge is 2.47. The molecule has 31 heavy (non-hydrogen) atoms. The summed E-state index contributed by atoms with van der Waals surface area (Å²) in [6.07, 6.45) is 1.42. The van der Waals surface area contributed by atoms with Crippen LogP contribution in [0.5, 0.6) is 11.5 Å². The maximum absolute atomic E-state index is 13.3. The number of rotatable bonds is 4. The number of amides is 1. The Labute approximate surface area is 175 Å². The Hall–Kier alpha value is -4.07. The van der Waals surface area contributed by atoms with Gasteiger partial charge >= 0.3 is 0 Å². The summed E-state index contributed by atoms with van der Waals surface area (Å²) in [6, 6.07) is 12.6. The minimum absolute atomic E-state index is 0.0762. The summed E-state index contributed by atoms with van der Waals surface area (Å²) >= 11 is 0. The third kappa shape index (κ3) is 3.22. The molecule has 1 aromatic heterocycles. The average molecular weight is 421 g/mol. The van der Waals surface area contributed by atoms with Crippen molar-refractivity contribution >= 4 is 17.4 Å². The summed E-state index contributed by atoms with van der Waals surface area (Å²) in [6.45, 7) is 0.195. The molecule has 2 aliphatic heterocycles. The van der Waals surface area contributed by atoms with E-state index in [2.05, 4.69) is 0 Å². The maximum Gasteiger partial charge on any atom is 0.296 e. The van der Waals surface area contributed by atoms with Crippen LogP contribution < -0.4 is 9.47 Å². The fourth-order valence-electron chi connectivity index (χ4n) is 3.78. The van der Waals surface area contributed by atoms with Gasteiger partial charge in [-0.25, -0.2) is 4.39 Å². The molecule has 0 spiro atoms. The number of ketones is 1. The number of aliphatic hydroxyl groups excluding tert-OH is 1. The maximum atomic E-state index is 13.3. The Morgan fingerprint density at radius 3 is 2.58 bits per heavy atom. The Kier molecular flexibility index (Phi) is 4.47. The number of furan rings is 1. The first-order chi connectivity index (χ1) is 15.0. The van der Waals surface area contributed by atoms with Crippen molar-refractivity contribution in [3.05, 3.63) is 89.1 Å². The van der Waals surface area contributed by atoms with Crippen LogP contribution in [0.4, 0.5) is 4.39 Å². The Morgan fingerprint density at radius 1 is 1.06 bits per heavy atom. The Morgan fingerprint density at radius 2 is 1.84 bits per heavy atom. The zero-order valence-electron chi connectivity index (χ0n) is 16.1. The molecule has 2 aliphatic rings. The number of benzene rings is 2. The molecule has 0 radical (unpaired) electrons. The van der Waals surface area contributed by atoms with E-state index in [0.29, 0.717) is 22.8 Å². The molecule has 1 atom stereocenters. The van der Waals surface area contributed by atoms with Gasteiger partial charge in [0.05, 0.1) is 11.8 Å². The van der Waals surface area contributed by atoms with E-state index in [9.17, 15) is 19.1 Å². The monoisotopic (exact) mass is 421 g/mol. The number of likely N-dealkylation sites (tertiary alicyclic amines) is 1. The second kappa shape index (κ2) is 7.32. The summed E-state index contributed by atoms with van der Waals surface area (Å²) in [5.74, 6) is -1.02. The minimum atomic E-state index is -0.939. The van der Waals surface area contributed by atoms with Gasteiger partial charge in [0.25, 0.3) is 11.7 Å². The van der Waals surface area contributed by atoms with E-state index < -0.39 is 29.3 Å². The standard InChI is InChI=1S/C23H16FNO6/c24-15-6-4-14(5-7-15)21(26)19-20(17-2-1-9-29-17)25(23(28)22(19)27)11-13-3-8-16-18(10-13)31-12-30-16/h1-10,20,26H,11-12H2/b21-19-. The van der Waals surface area contributed by atoms with Gasteiger partial charge < -0.3 is 23.9 Å². The molecule has 0 aliphatic carbocycles. The van der Waals surface area contributed by atoms with Crippen molar-refractivity contribution in [2.45, 2.75) is 12.6 Å². The van der Waals surface area contributed by atoms with Crippen LogP contribution in [0.3, 0.4) is 0 Å². The normalized spacial score (nSPS) is 19.3. The third-order valence-corrected chi connectivity index (χ3v) is 5.26. The smallest absolute Gasteiger partial charge is 0.296 e. The van der Waals surface area contributed by atoms with E-state index in [1.54, 1.807) is 30.3 Å². The SMILES string of the molecule is O=C1C(=O)N(Cc2ccc3c(c2)OCO3)C(c2ccco2)/C1=C(/O)c1ccc(F)cc1. The molecular weight excluding hydrogens is 405 g/mol. The number of nitrogens with zero attached hydrogens (tertiary/aromatic N) is 1. The fraction of sp³-hybridized carbons (Fsp3) is 0.130. The molecular formula is C23H16FNO6. The van der Waals surface area contributed by atoms with E-state index in [4.69, 9.17) is 13.9 Å². The molecule has 7 nitrogen and oxygen atoms in total. The van der Waals surface area contributed by atoms with E-state index in [1.165, 1.54) is 35.4 Å². The van der Waals surface area contributed by atoms with E-state index >= 15 is 0 Å². The van der Waals surface area contributed by atoms with Crippen LogP contribution in [0, 0.1) is 5.82 Å². The Bertz CT molecular complexity index is 1200. The fourth-order valence-corrected chi connectivity index (χ4v) is 3.78. The van der Waals surface area contributed by atoms with E-state index in [-0.39, 0.29) is 24.5 Å². The largest absolute Gasteiger partial charge is 0.507 e. The van der Waals surface area contributed by atoms with Crippen LogP contribution in [-0.4, -0.2) is 28.5 Å². The molecule has 1 saturated heterocycles. The number of hydrogen-bond acceptors (Lipinski definition) is 6. The lowest BCUT2D eigenvalue weighted by Crippen LogP contribution is -2.29. The topological polar surface area (TPSA) is 89.2 Å². The lowest BCUT2D eigenvalue weighted by Gasteiger charge is -2.23. The van der Waals surface area contributed by atoms with Crippen LogP contribution in [0.2, 0.25) is 0 Å². The molecule has 5 rings (SSSR count). The third-order valence-electron chi connectivity index (χ3n) is 5.26. The van der Waals surface area contributed by atoms with Crippen LogP contribution >= 0.6 is 0 Å². The van der Waals surface area contributed by atoms with Crippen LogP contribution in [-0.2, 0) is 16.1 Å². The van der Waals surface area contributed by atoms with Crippen molar-refractivity contribution in [3.8, 4) is 11.5 Å². The van der Waals surface area contributed by atoms with Gasteiger partial charge in [0.2, 0.25) is 6.79 Å². The highest BCUT2D eigenvalue weighted by molar-refractivity contribution is 6.46. The van der Waals surface area contributed by atoms with Crippen molar-refractivity contribution in [1.82, 2.24) is 4.90 Å². The second-order valence-corrected chi connectivity index (χ2v) is 7.14. The molecule has 1 fully saturated rings. The van der Waals surface area contributed by atoms with Gasteiger partial charge in [-0.1, -0.05) is 6.07 Å². The first-order valence-electron chi connectivity index (χ1n) is 9.49. The average Bonchev–Trinajstić information content (AvgIpc) is 3.50. The van der Waals surface area contributed by atoms with Crippen LogP contribution in [0.25, 0.3) is 5.76 Å². The first kappa shape index (κ1) is 18.9. The van der Waals surface area contributed by atoms with Gasteiger partial charge in [-0.2, -0.15) is 0 Å². The molecule has 2 aromatic carbocycles. The summed E-state index contributed by atoms with van der Waals surface area (Å²) in [5.41, 5.74) is 0.816. The van der Waals surface area contributed by atoms with Gasteiger partial charge in [-0.3, -0.25) is 9.59 Å². The van der Waals surface area contributed by atoms with Crippen molar-refractivity contribution in [2.24, 2.45) is 0 Å². The number of ether oxygens (including phenoxy) is 2. The predicted octanol–water partition coefficient (Wildman–Crippen LogP) is 3.77. The predicted molar refractivity (Wildman–Crippen MR) is 106 cm³/mol. The van der Waals surface area contributed by atoms with Gasteiger partial charge in [0.15, 0.2) is 11.5 Å². The number of halogens is 1. The summed E-state index contributed by atoms with van der Waals surface area (Å²) in [5, 5.41) is 10.9. The number of fused-ring (bicyclic) bond motifs is 1. The summed E-state index contributed by atoms with van der Waals surface area (Å²) in [4.78, 5) is 27.2. The number of aliphatic hydroxyl groups is 1. The van der Waals surface area contributed by atoms with Gasteiger partial charge in [-0.15, -0.1) is 0 Å². The number of hydrogen-bond donors (Lipinski definition) is 1. The molecule has 3 aromatic rings. The highest BCUT2D eigenvalue weighted by atomic mass is 19.1. The lowest BCUT2D eigenvalue weighted by atomic mass is 9.99. The highest BCUT2D eigenvalue weighted by Crippen LogP contribution is 2.41. The second-order valence-electron chi connectivity index (χ2n) is 7.14. The molecule has 1 N–H and O–H groups in total.